The normalized spacial score (nSPS) is 41.0. The Morgan fingerprint density at radius 3 is 2.59 bits per heavy atom. The van der Waals surface area contributed by atoms with Crippen molar-refractivity contribution >= 4 is 21.8 Å². The summed E-state index contributed by atoms with van der Waals surface area (Å²) in [6.45, 7) is 1.74. The van der Waals surface area contributed by atoms with Gasteiger partial charge in [-0.15, -0.1) is 0 Å². The SMILES string of the molecule is COC(=O)CS(=O)(=O)[C@H]1CC(=O)O[C@@H](C)CCCC2OC2[C@@H]2C[C@H](O)C[C@H]2[C@@H]1O. The molecule has 8 atom stereocenters. The second-order valence-corrected chi connectivity index (χ2v) is 10.7. The van der Waals surface area contributed by atoms with Crippen molar-refractivity contribution in [2.45, 2.75) is 81.2 Å². The Bertz CT molecular complexity index is 721. The average Bonchev–Trinajstić information content (AvgIpc) is 3.29. The zero-order chi connectivity index (χ0) is 21.3. The van der Waals surface area contributed by atoms with Gasteiger partial charge < -0.3 is 24.4 Å². The number of fused-ring (bicyclic) bond motifs is 3. The maximum Gasteiger partial charge on any atom is 0.320 e. The number of cyclic esters (lactones) is 1. The standard InChI is InChI=1S/C19H30O9S/c1-10-4-3-5-14-19(28-14)13-7-11(20)6-12(13)18(23)15(8-16(21)27-10)29(24,25)9-17(22)26-2/h10-15,18-20,23H,3-9H2,1-2H3/t10-,11+,12+,13+,14?,15-,18-,19?/m0/s1. The van der Waals surface area contributed by atoms with Crippen LogP contribution >= 0.6 is 0 Å². The van der Waals surface area contributed by atoms with Gasteiger partial charge in [-0.3, -0.25) is 9.59 Å². The summed E-state index contributed by atoms with van der Waals surface area (Å²) in [7, 11) is -3.13. The van der Waals surface area contributed by atoms with Gasteiger partial charge in [0.2, 0.25) is 0 Å². The molecule has 10 heteroatoms. The van der Waals surface area contributed by atoms with Crippen LogP contribution in [-0.4, -0.2) is 79.2 Å². The van der Waals surface area contributed by atoms with Gasteiger partial charge in [0.15, 0.2) is 9.84 Å². The lowest BCUT2D eigenvalue weighted by atomic mass is 9.84. The Morgan fingerprint density at radius 1 is 1.21 bits per heavy atom. The topological polar surface area (TPSA) is 140 Å². The lowest BCUT2D eigenvalue weighted by molar-refractivity contribution is -0.149. The molecule has 3 rings (SSSR count). The average molecular weight is 435 g/mol. The van der Waals surface area contributed by atoms with Crippen LogP contribution in [0.25, 0.3) is 0 Å². The van der Waals surface area contributed by atoms with Crippen molar-refractivity contribution in [3.63, 3.8) is 0 Å². The van der Waals surface area contributed by atoms with Gasteiger partial charge in [0.1, 0.15) is 5.75 Å². The highest BCUT2D eigenvalue weighted by atomic mass is 32.2. The molecule has 1 aliphatic carbocycles. The Labute approximate surface area is 170 Å². The van der Waals surface area contributed by atoms with Crippen molar-refractivity contribution in [1.82, 2.24) is 0 Å². The molecule has 0 bridgehead atoms. The number of aliphatic hydroxyl groups excluding tert-OH is 2. The van der Waals surface area contributed by atoms with E-state index in [2.05, 4.69) is 4.74 Å². The van der Waals surface area contributed by atoms with Gasteiger partial charge in [-0.25, -0.2) is 8.42 Å². The first-order valence-corrected chi connectivity index (χ1v) is 11.8. The maximum atomic E-state index is 12.9. The highest BCUT2D eigenvalue weighted by Gasteiger charge is 2.54. The number of hydrogen-bond donors (Lipinski definition) is 2. The van der Waals surface area contributed by atoms with E-state index in [1.54, 1.807) is 6.92 Å². The van der Waals surface area contributed by atoms with Crippen molar-refractivity contribution < 1.29 is 42.4 Å². The van der Waals surface area contributed by atoms with Gasteiger partial charge in [-0.2, -0.15) is 0 Å². The van der Waals surface area contributed by atoms with E-state index in [1.807, 2.05) is 0 Å². The maximum absolute atomic E-state index is 12.9. The summed E-state index contributed by atoms with van der Waals surface area (Å²) in [5, 5.41) is 19.7. The van der Waals surface area contributed by atoms with Crippen molar-refractivity contribution in [1.29, 1.82) is 0 Å². The zero-order valence-corrected chi connectivity index (χ0v) is 17.5. The van der Waals surface area contributed by atoms with E-state index in [0.29, 0.717) is 12.8 Å². The minimum Gasteiger partial charge on any atom is -0.468 e. The molecule has 0 aromatic heterocycles. The number of aliphatic hydroxyl groups is 2. The number of carbonyl (C=O) groups excluding carboxylic acids is 2. The summed E-state index contributed by atoms with van der Waals surface area (Å²) in [6, 6.07) is 0. The third kappa shape index (κ3) is 5.28. The molecule has 3 aliphatic rings. The molecule has 2 saturated heterocycles. The van der Waals surface area contributed by atoms with E-state index in [-0.39, 0.29) is 30.7 Å². The lowest BCUT2D eigenvalue weighted by Crippen LogP contribution is -2.45. The minimum atomic E-state index is -4.20. The van der Waals surface area contributed by atoms with Crippen LogP contribution in [0.4, 0.5) is 0 Å². The first-order valence-electron chi connectivity index (χ1n) is 10.1. The molecule has 0 aromatic carbocycles. The highest BCUT2D eigenvalue weighted by Crippen LogP contribution is 2.47. The fourth-order valence-electron chi connectivity index (χ4n) is 4.78. The molecule has 3 fully saturated rings. The van der Waals surface area contributed by atoms with E-state index >= 15 is 0 Å². The zero-order valence-electron chi connectivity index (χ0n) is 16.7. The van der Waals surface area contributed by atoms with Crippen molar-refractivity contribution in [3.8, 4) is 0 Å². The van der Waals surface area contributed by atoms with E-state index in [4.69, 9.17) is 9.47 Å². The van der Waals surface area contributed by atoms with Gasteiger partial charge in [-0.1, -0.05) is 0 Å². The molecule has 166 valence electrons. The lowest BCUT2D eigenvalue weighted by Gasteiger charge is -2.30. The number of carbonyl (C=O) groups is 2. The monoisotopic (exact) mass is 434 g/mol. The molecule has 0 spiro atoms. The minimum absolute atomic E-state index is 0.00813. The van der Waals surface area contributed by atoms with Crippen LogP contribution in [0.1, 0.15) is 45.4 Å². The predicted molar refractivity (Wildman–Crippen MR) is 101 cm³/mol. The van der Waals surface area contributed by atoms with Crippen LogP contribution < -0.4 is 0 Å². The third-order valence-electron chi connectivity index (χ3n) is 6.31. The highest BCUT2D eigenvalue weighted by molar-refractivity contribution is 7.92. The Kier molecular flexibility index (Phi) is 6.87. The number of hydrogen-bond acceptors (Lipinski definition) is 9. The molecular formula is C19H30O9S. The number of sulfone groups is 1. The number of methoxy groups -OCH3 is 1. The van der Waals surface area contributed by atoms with Gasteiger partial charge in [0.05, 0.1) is 49.3 Å². The summed E-state index contributed by atoms with van der Waals surface area (Å²) in [5.74, 6) is -3.38. The molecule has 2 heterocycles. The number of esters is 2. The second kappa shape index (κ2) is 8.87. The molecule has 2 aliphatic heterocycles. The molecule has 0 amide bonds. The van der Waals surface area contributed by atoms with Crippen LogP contribution in [0.15, 0.2) is 0 Å². The van der Waals surface area contributed by atoms with Gasteiger partial charge >= 0.3 is 11.9 Å². The quantitative estimate of drug-likeness (QED) is 0.463. The van der Waals surface area contributed by atoms with E-state index in [9.17, 15) is 28.2 Å². The van der Waals surface area contributed by atoms with Crippen molar-refractivity contribution in [2.24, 2.45) is 11.8 Å². The van der Waals surface area contributed by atoms with Gasteiger partial charge in [0.25, 0.3) is 0 Å². The molecular weight excluding hydrogens is 404 g/mol. The fraction of sp³-hybridized carbons (Fsp3) is 0.895. The predicted octanol–water partition coefficient (Wildman–Crippen LogP) is -0.0361. The van der Waals surface area contributed by atoms with Crippen LogP contribution in [0, 0.1) is 11.8 Å². The molecule has 9 nitrogen and oxygen atoms in total. The first kappa shape index (κ1) is 22.5. The fourth-order valence-corrected chi connectivity index (χ4v) is 6.46. The Morgan fingerprint density at radius 2 is 1.90 bits per heavy atom. The third-order valence-corrected chi connectivity index (χ3v) is 8.32. The van der Waals surface area contributed by atoms with Crippen LogP contribution in [0.2, 0.25) is 0 Å². The summed E-state index contributed by atoms with van der Waals surface area (Å²) >= 11 is 0. The van der Waals surface area contributed by atoms with Crippen LogP contribution in [-0.2, 0) is 33.6 Å². The van der Waals surface area contributed by atoms with E-state index in [0.717, 1.165) is 20.0 Å². The largest absolute Gasteiger partial charge is 0.468 e. The number of epoxide rings is 1. The molecule has 0 aromatic rings. The molecule has 2 N–H and O–H groups in total. The van der Waals surface area contributed by atoms with Crippen LogP contribution in [0.5, 0.6) is 0 Å². The summed E-state index contributed by atoms with van der Waals surface area (Å²) in [6.07, 6.45) is -0.347. The number of ether oxygens (including phenoxy) is 3. The van der Waals surface area contributed by atoms with Gasteiger partial charge in [0, 0.05) is 0 Å². The van der Waals surface area contributed by atoms with E-state index < -0.39 is 57.3 Å². The summed E-state index contributed by atoms with van der Waals surface area (Å²) < 4.78 is 41.3. The van der Waals surface area contributed by atoms with Crippen molar-refractivity contribution in [3.05, 3.63) is 0 Å². The Hall–Kier alpha value is -1.23. The second-order valence-electron chi connectivity index (χ2n) is 8.44. The molecule has 29 heavy (non-hydrogen) atoms. The first-order chi connectivity index (χ1) is 13.6. The Balaban J connectivity index is 1.90. The molecule has 1 saturated carbocycles. The molecule has 2 unspecified atom stereocenters. The van der Waals surface area contributed by atoms with Gasteiger partial charge in [-0.05, 0) is 50.9 Å². The van der Waals surface area contributed by atoms with Crippen molar-refractivity contribution in [2.75, 3.05) is 12.9 Å². The number of rotatable bonds is 3. The molecule has 0 radical (unpaired) electrons. The smallest absolute Gasteiger partial charge is 0.320 e. The van der Waals surface area contributed by atoms with E-state index in [1.165, 1.54) is 0 Å². The summed E-state index contributed by atoms with van der Waals surface area (Å²) in [4.78, 5) is 24.0. The van der Waals surface area contributed by atoms with Crippen LogP contribution in [0.3, 0.4) is 0 Å². The summed E-state index contributed by atoms with van der Waals surface area (Å²) in [5.41, 5.74) is 0.